The monoisotopic (exact) mass is 335 g/mol. The van der Waals surface area contributed by atoms with Crippen LogP contribution >= 0.6 is 0 Å². The SMILES string of the molecule is CC(O)(CNC(=O)C(F)(F)C1(O)CCC1)c1ccc(F)cc1F. The van der Waals surface area contributed by atoms with Crippen molar-refractivity contribution in [3.8, 4) is 0 Å². The molecule has 1 aromatic rings. The number of rotatable bonds is 5. The van der Waals surface area contributed by atoms with Crippen LogP contribution in [-0.4, -0.2) is 34.2 Å². The second kappa shape index (κ2) is 5.76. The van der Waals surface area contributed by atoms with Crippen LogP contribution in [0.4, 0.5) is 17.6 Å². The molecule has 3 N–H and O–H groups in total. The number of carbonyl (C=O) groups is 1. The largest absolute Gasteiger partial charge is 0.383 e. The summed E-state index contributed by atoms with van der Waals surface area (Å²) in [6, 6.07) is 2.41. The number of hydrogen-bond donors (Lipinski definition) is 3. The van der Waals surface area contributed by atoms with Gasteiger partial charge in [0.2, 0.25) is 0 Å². The molecule has 1 amide bonds. The highest BCUT2D eigenvalue weighted by molar-refractivity contribution is 5.85. The Morgan fingerprint density at radius 2 is 1.96 bits per heavy atom. The first kappa shape index (κ1) is 17.7. The van der Waals surface area contributed by atoms with Gasteiger partial charge >= 0.3 is 5.92 Å². The normalized spacial score (nSPS) is 19.6. The fraction of sp³-hybridized carbons (Fsp3) is 0.533. The summed E-state index contributed by atoms with van der Waals surface area (Å²) >= 11 is 0. The molecule has 0 heterocycles. The van der Waals surface area contributed by atoms with Crippen molar-refractivity contribution in [2.24, 2.45) is 0 Å². The lowest BCUT2D eigenvalue weighted by molar-refractivity contribution is -0.216. The van der Waals surface area contributed by atoms with Gasteiger partial charge in [0.15, 0.2) is 0 Å². The van der Waals surface area contributed by atoms with E-state index < -0.39 is 41.2 Å². The molecule has 1 aromatic carbocycles. The third-order valence-electron chi connectivity index (χ3n) is 4.15. The fourth-order valence-electron chi connectivity index (χ4n) is 2.42. The fourth-order valence-corrected chi connectivity index (χ4v) is 2.42. The van der Waals surface area contributed by atoms with E-state index in [-0.39, 0.29) is 18.4 Å². The molecule has 0 aliphatic heterocycles. The third kappa shape index (κ3) is 3.18. The minimum absolute atomic E-state index is 0.198. The third-order valence-corrected chi connectivity index (χ3v) is 4.15. The Labute approximate surface area is 130 Å². The second-order valence-corrected chi connectivity index (χ2v) is 6.04. The van der Waals surface area contributed by atoms with Crippen LogP contribution in [0, 0.1) is 11.6 Å². The van der Waals surface area contributed by atoms with Gasteiger partial charge < -0.3 is 15.5 Å². The molecule has 0 bridgehead atoms. The molecule has 1 unspecified atom stereocenters. The molecule has 1 fully saturated rings. The number of hydrogen-bond acceptors (Lipinski definition) is 3. The van der Waals surface area contributed by atoms with E-state index in [1.54, 1.807) is 0 Å². The van der Waals surface area contributed by atoms with Gasteiger partial charge in [-0.15, -0.1) is 0 Å². The number of nitrogens with one attached hydrogen (secondary N) is 1. The van der Waals surface area contributed by atoms with Crippen LogP contribution in [0.1, 0.15) is 31.7 Å². The zero-order chi connectivity index (χ0) is 17.5. The van der Waals surface area contributed by atoms with Gasteiger partial charge in [0.05, 0.1) is 6.54 Å². The molecule has 0 radical (unpaired) electrons. The molecular formula is C15H17F4NO3. The van der Waals surface area contributed by atoms with Crippen LogP contribution in [0.15, 0.2) is 18.2 Å². The van der Waals surface area contributed by atoms with Crippen molar-refractivity contribution in [3.05, 3.63) is 35.4 Å². The highest BCUT2D eigenvalue weighted by atomic mass is 19.3. The Kier molecular flexibility index (Phi) is 4.42. The molecule has 1 saturated carbocycles. The van der Waals surface area contributed by atoms with Gasteiger partial charge in [-0.2, -0.15) is 8.78 Å². The van der Waals surface area contributed by atoms with Crippen LogP contribution in [0.5, 0.6) is 0 Å². The van der Waals surface area contributed by atoms with Gasteiger partial charge in [-0.05, 0) is 32.3 Å². The molecule has 8 heteroatoms. The summed E-state index contributed by atoms with van der Waals surface area (Å²) in [5.74, 6) is -7.68. The summed E-state index contributed by atoms with van der Waals surface area (Å²) in [4.78, 5) is 11.6. The lowest BCUT2D eigenvalue weighted by Gasteiger charge is -2.41. The number of halogens is 4. The molecule has 1 atom stereocenters. The minimum atomic E-state index is -4.01. The zero-order valence-corrected chi connectivity index (χ0v) is 12.4. The molecule has 4 nitrogen and oxygen atoms in total. The quantitative estimate of drug-likeness (QED) is 0.719. The van der Waals surface area contributed by atoms with Crippen molar-refractivity contribution in [1.82, 2.24) is 5.32 Å². The Balaban J connectivity index is 2.08. The van der Waals surface area contributed by atoms with Crippen molar-refractivity contribution < 1.29 is 32.6 Å². The molecule has 0 aromatic heterocycles. The van der Waals surface area contributed by atoms with Crippen LogP contribution in [-0.2, 0) is 10.4 Å². The van der Waals surface area contributed by atoms with Crippen molar-refractivity contribution in [2.75, 3.05) is 6.54 Å². The number of aliphatic hydroxyl groups is 2. The first-order chi connectivity index (χ1) is 10.5. The number of amides is 1. The van der Waals surface area contributed by atoms with Gasteiger partial charge in [-0.25, -0.2) is 8.78 Å². The maximum atomic E-state index is 13.9. The van der Waals surface area contributed by atoms with Gasteiger partial charge in [-0.3, -0.25) is 4.79 Å². The van der Waals surface area contributed by atoms with E-state index in [2.05, 4.69) is 0 Å². The highest BCUT2D eigenvalue weighted by Crippen LogP contribution is 2.44. The predicted octanol–water partition coefficient (Wildman–Crippen LogP) is 1.84. The summed E-state index contributed by atoms with van der Waals surface area (Å²) in [6.45, 7) is 0.375. The zero-order valence-electron chi connectivity index (χ0n) is 12.4. The summed E-state index contributed by atoms with van der Waals surface area (Å²) in [5.41, 5.74) is -4.75. The Morgan fingerprint density at radius 3 is 2.43 bits per heavy atom. The first-order valence-corrected chi connectivity index (χ1v) is 7.06. The number of carbonyl (C=O) groups excluding carboxylic acids is 1. The molecule has 2 rings (SSSR count). The topological polar surface area (TPSA) is 69.6 Å². The van der Waals surface area contributed by atoms with E-state index in [1.165, 1.54) is 0 Å². The van der Waals surface area contributed by atoms with E-state index >= 15 is 0 Å². The predicted molar refractivity (Wildman–Crippen MR) is 72.7 cm³/mol. The average molecular weight is 335 g/mol. The second-order valence-electron chi connectivity index (χ2n) is 6.04. The standard InChI is InChI=1S/C15H17F4NO3/c1-13(22,10-4-3-9(16)7-11(10)17)8-20-12(21)15(18,19)14(23)5-2-6-14/h3-4,7,22-23H,2,5-6,8H2,1H3,(H,20,21). The molecular weight excluding hydrogens is 318 g/mol. The van der Waals surface area contributed by atoms with Crippen LogP contribution in [0.2, 0.25) is 0 Å². The molecule has 1 aliphatic carbocycles. The lowest BCUT2D eigenvalue weighted by Crippen LogP contribution is -2.61. The van der Waals surface area contributed by atoms with Crippen LogP contribution < -0.4 is 5.32 Å². The molecule has 23 heavy (non-hydrogen) atoms. The Morgan fingerprint density at radius 1 is 1.35 bits per heavy atom. The van der Waals surface area contributed by atoms with Gasteiger partial charge in [0, 0.05) is 11.6 Å². The van der Waals surface area contributed by atoms with Crippen molar-refractivity contribution in [3.63, 3.8) is 0 Å². The molecule has 128 valence electrons. The summed E-state index contributed by atoms with van der Waals surface area (Å²) < 4.78 is 54.3. The molecule has 0 spiro atoms. The molecule has 0 saturated heterocycles. The average Bonchev–Trinajstić information content (AvgIpc) is 2.41. The maximum Gasteiger partial charge on any atom is 0.352 e. The smallest absolute Gasteiger partial charge is 0.352 e. The maximum absolute atomic E-state index is 13.9. The highest BCUT2D eigenvalue weighted by Gasteiger charge is 2.61. The first-order valence-electron chi connectivity index (χ1n) is 7.06. The van der Waals surface area contributed by atoms with Crippen molar-refractivity contribution in [2.45, 2.75) is 43.3 Å². The van der Waals surface area contributed by atoms with Crippen molar-refractivity contribution >= 4 is 5.91 Å². The van der Waals surface area contributed by atoms with Crippen LogP contribution in [0.3, 0.4) is 0 Å². The minimum Gasteiger partial charge on any atom is -0.383 e. The summed E-state index contributed by atoms with van der Waals surface area (Å²) in [7, 11) is 0. The lowest BCUT2D eigenvalue weighted by atomic mass is 9.75. The number of alkyl halides is 2. The summed E-state index contributed by atoms with van der Waals surface area (Å²) in [5, 5.41) is 21.6. The van der Waals surface area contributed by atoms with Gasteiger partial charge in [0.25, 0.3) is 5.91 Å². The van der Waals surface area contributed by atoms with Crippen LogP contribution in [0.25, 0.3) is 0 Å². The number of benzene rings is 1. The van der Waals surface area contributed by atoms with E-state index in [1.807, 2.05) is 5.32 Å². The van der Waals surface area contributed by atoms with E-state index in [0.29, 0.717) is 12.5 Å². The Bertz CT molecular complexity index is 615. The van der Waals surface area contributed by atoms with E-state index in [4.69, 9.17) is 0 Å². The van der Waals surface area contributed by atoms with E-state index in [0.717, 1.165) is 19.1 Å². The van der Waals surface area contributed by atoms with Crippen molar-refractivity contribution in [1.29, 1.82) is 0 Å². The van der Waals surface area contributed by atoms with E-state index in [9.17, 15) is 32.6 Å². The van der Waals surface area contributed by atoms with Gasteiger partial charge in [0.1, 0.15) is 22.8 Å². The van der Waals surface area contributed by atoms with Gasteiger partial charge in [-0.1, -0.05) is 6.07 Å². The Hall–Kier alpha value is -1.67. The summed E-state index contributed by atoms with van der Waals surface area (Å²) in [6.07, 6.45) is -0.00924. The molecule has 1 aliphatic rings.